The van der Waals surface area contributed by atoms with Crippen molar-refractivity contribution in [3.05, 3.63) is 23.2 Å². The predicted molar refractivity (Wildman–Crippen MR) is 79.5 cm³/mol. The molecule has 0 radical (unpaired) electrons. The molecule has 1 amide bonds. The molecule has 1 fully saturated rings. The van der Waals surface area contributed by atoms with Crippen molar-refractivity contribution in [2.24, 2.45) is 5.92 Å². The average molecular weight is 318 g/mol. The molecule has 0 spiro atoms. The molecule has 8 heteroatoms. The van der Waals surface area contributed by atoms with Crippen LogP contribution >= 0.6 is 11.6 Å². The first-order valence-electron chi connectivity index (χ1n) is 6.11. The Bertz CT molecular complexity index is 614. The van der Waals surface area contributed by atoms with Crippen LogP contribution in [0.5, 0.6) is 0 Å². The fraction of sp³-hybridized carbons (Fsp3) is 0.417. The Hall–Kier alpha value is -1.31. The van der Waals surface area contributed by atoms with Crippen molar-refractivity contribution in [3.63, 3.8) is 0 Å². The van der Waals surface area contributed by atoms with E-state index in [1.54, 1.807) is 6.07 Å². The summed E-state index contributed by atoms with van der Waals surface area (Å²) >= 11 is 5.97. The maximum Gasteiger partial charge on any atom is 0.229 e. The molecule has 6 nitrogen and oxygen atoms in total. The maximum absolute atomic E-state index is 11.7. The summed E-state index contributed by atoms with van der Waals surface area (Å²) < 4.78 is 24.6. The predicted octanol–water partition coefficient (Wildman–Crippen LogP) is 1.26. The van der Waals surface area contributed by atoms with Crippen molar-refractivity contribution in [2.45, 2.75) is 6.42 Å². The molecule has 1 aromatic rings. The van der Waals surface area contributed by atoms with Gasteiger partial charge in [-0.15, -0.1) is 0 Å². The summed E-state index contributed by atoms with van der Waals surface area (Å²) in [5.41, 5.74) is 0.835. The fourth-order valence-electron chi connectivity index (χ4n) is 1.84. The molecule has 0 aromatic heterocycles. The number of carbonyl (C=O) groups is 1. The van der Waals surface area contributed by atoms with Crippen LogP contribution in [0, 0.1) is 5.92 Å². The minimum atomic E-state index is -3.38. The second kappa shape index (κ2) is 5.99. The average Bonchev–Trinajstić information content (AvgIpc) is 2.26. The van der Waals surface area contributed by atoms with Gasteiger partial charge in [-0.2, -0.15) is 0 Å². The third-order valence-electron chi connectivity index (χ3n) is 2.89. The van der Waals surface area contributed by atoms with E-state index in [2.05, 4.69) is 15.4 Å². The summed E-state index contributed by atoms with van der Waals surface area (Å²) in [4.78, 5) is 11.7. The molecule has 1 aliphatic rings. The SMILES string of the molecule is CS(=O)(=O)Nc1ccc(NC(=O)CC2CNC2)cc1Cl. The number of halogens is 1. The van der Waals surface area contributed by atoms with Crippen LogP contribution in [-0.2, 0) is 14.8 Å². The van der Waals surface area contributed by atoms with E-state index in [0.29, 0.717) is 18.0 Å². The van der Waals surface area contributed by atoms with Crippen LogP contribution in [-0.4, -0.2) is 33.7 Å². The van der Waals surface area contributed by atoms with Crippen molar-refractivity contribution in [3.8, 4) is 0 Å². The zero-order chi connectivity index (χ0) is 14.8. The van der Waals surface area contributed by atoms with Crippen molar-refractivity contribution in [1.82, 2.24) is 5.32 Å². The van der Waals surface area contributed by atoms with Gasteiger partial charge in [0.05, 0.1) is 17.0 Å². The first kappa shape index (κ1) is 15.1. The number of sulfonamides is 1. The van der Waals surface area contributed by atoms with E-state index in [9.17, 15) is 13.2 Å². The van der Waals surface area contributed by atoms with Gasteiger partial charge in [0.1, 0.15) is 0 Å². The molecule has 1 saturated heterocycles. The number of hydrogen-bond donors (Lipinski definition) is 3. The first-order valence-corrected chi connectivity index (χ1v) is 8.38. The lowest BCUT2D eigenvalue weighted by Gasteiger charge is -2.26. The molecular weight excluding hydrogens is 302 g/mol. The van der Waals surface area contributed by atoms with Crippen LogP contribution in [0.4, 0.5) is 11.4 Å². The molecule has 0 saturated carbocycles. The van der Waals surface area contributed by atoms with Gasteiger partial charge in [0.25, 0.3) is 0 Å². The molecule has 110 valence electrons. The lowest BCUT2D eigenvalue weighted by Crippen LogP contribution is -2.43. The lowest BCUT2D eigenvalue weighted by molar-refractivity contribution is -0.117. The number of nitrogens with one attached hydrogen (secondary N) is 3. The van der Waals surface area contributed by atoms with Gasteiger partial charge in [-0.1, -0.05) is 11.6 Å². The minimum absolute atomic E-state index is 0.0728. The molecule has 1 aliphatic heterocycles. The normalized spacial score (nSPS) is 15.5. The highest BCUT2D eigenvalue weighted by molar-refractivity contribution is 7.92. The van der Waals surface area contributed by atoms with E-state index in [4.69, 9.17) is 11.6 Å². The molecule has 0 bridgehead atoms. The number of rotatable bonds is 5. The molecule has 1 aromatic carbocycles. The van der Waals surface area contributed by atoms with E-state index >= 15 is 0 Å². The number of anilines is 2. The fourth-order valence-corrected chi connectivity index (χ4v) is 2.70. The maximum atomic E-state index is 11.7. The van der Waals surface area contributed by atoms with Gasteiger partial charge < -0.3 is 10.6 Å². The molecule has 20 heavy (non-hydrogen) atoms. The van der Waals surface area contributed by atoms with E-state index in [1.807, 2.05) is 0 Å². The summed E-state index contributed by atoms with van der Waals surface area (Å²) in [5, 5.41) is 6.08. The van der Waals surface area contributed by atoms with E-state index in [0.717, 1.165) is 19.3 Å². The number of benzene rings is 1. The van der Waals surface area contributed by atoms with Gasteiger partial charge in [-0.25, -0.2) is 8.42 Å². The van der Waals surface area contributed by atoms with Crippen molar-refractivity contribution in [1.29, 1.82) is 0 Å². The van der Waals surface area contributed by atoms with Crippen LogP contribution in [0.15, 0.2) is 18.2 Å². The smallest absolute Gasteiger partial charge is 0.229 e. The Kier molecular flexibility index (Phi) is 4.52. The van der Waals surface area contributed by atoms with Crippen LogP contribution < -0.4 is 15.4 Å². The summed E-state index contributed by atoms with van der Waals surface area (Å²) in [6, 6.07) is 4.65. The highest BCUT2D eigenvalue weighted by Crippen LogP contribution is 2.26. The first-order chi connectivity index (χ1) is 9.33. The monoisotopic (exact) mass is 317 g/mol. The van der Waals surface area contributed by atoms with Gasteiger partial charge in [-0.05, 0) is 37.2 Å². The van der Waals surface area contributed by atoms with Crippen LogP contribution in [0.25, 0.3) is 0 Å². The highest BCUT2D eigenvalue weighted by Gasteiger charge is 2.20. The van der Waals surface area contributed by atoms with Crippen LogP contribution in [0.1, 0.15) is 6.42 Å². The minimum Gasteiger partial charge on any atom is -0.326 e. The lowest BCUT2D eigenvalue weighted by atomic mass is 9.99. The molecule has 3 N–H and O–H groups in total. The van der Waals surface area contributed by atoms with E-state index < -0.39 is 10.0 Å². The van der Waals surface area contributed by atoms with Gasteiger partial charge >= 0.3 is 0 Å². The second-order valence-electron chi connectivity index (χ2n) is 4.85. The van der Waals surface area contributed by atoms with E-state index in [1.165, 1.54) is 12.1 Å². The van der Waals surface area contributed by atoms with Crippen molar-refractivity contribution >= 4 is 38.9 Å². The van der Waals surface area contributed by atoms with Crippen LogP contribution in [0.3, 0.4) is 0 Å². The highest BCUT2D eigenvalue weighted by atomic mass is 35.5. The quantitative estimate of drug-likeness (QED) is 0.763. The van der Waals surface area contributed by atoms with Gasteiger partial charge in [0.15, 0.2) is 0 Å². The number of carbonyl (C=O) groups excluding carboxylic acids is 1. The Morgan fingerprint density at radius 1 is 1.45 bits per heavy atom. The molecular formula is C12H16ClN3O3S. The Morgan fingerprint density at radius 2 is 2.15 bits per heavy atom. The topological polar surface area (TPSA) is 87.3 Å². The molecule has 1 heterocycles. The van der Waals surface area contributed by atoms with Gasteiger partial charge in [0.2, 0.25) is 15.9 Å². The van der Waals surface area contributed by atoms with Crippen molar-refractivity contribution < 1.29 is 13.2 Å². The zero-order valence-corrected chi connectivity index (χ0v) is 12.5. The molecule has 2 rings (SSSR count). The Morgan fingerprint density at radius 3 is 2.65 bits per heavy atom. The Labute approximate surface area is 122 Å². The second-order valence-corrected chi connectivity index (χ2v) is 7.00. The third kappa shape index (κ3) is 4.36. The molecule has 0 aliphatic carbocycles. The summed E-state index contributed by atoms with van der Waals surface area (Å²) in [7, 11) is -3.38. The number of amides is 1. The van der Waals surface area contributed by atoms with Crippen LogP contribution in [0.2, 0.25) is 5.02 Å². The Balaban J connectivity index is 1.99. The summed E-state index contributed by atoms with van der Waals surface area (Å²) in [6.45, 7) is 1.73. The zero-order valence-electron chi connectivity index (χ0n) is 10.9. The van der Waals surface area contributed by atoms with Crippen molar-refractivity contribution in [2.75, 3.05) is 29.4 Å². The number of hydrogen-bond acceptors (Lipinski definition) is 4. The third-order valence-corrected chi connectivity index (χ3v) is 3.79. The largest absolute Gasteiger partial charge is 0.326 e. The molecule has 0 unspecified atom stereocenters. The van der Waals surface area contributed by atoms with E-state index in [-0.39, 0.29) is 16.6 Å². The standard InChI is InChI=1S/C12H16ClN3O3S/c1-20(18,19)16-11-3-2-9(5-10(11)13)15-12(17)4-8-6-14-7-8/h2-3,5,8,14,16H,4,6-7H2,1H3,(H,15,17). The molecule has 0 atom stereocenters. The van der Waals surface area contributed by atoms with Gasteiger partial charge in [-0.3, -0.25) is 9.52 Å². The summed E-state index contributed by atoms with van der Waals surface area (Å²) in [5.74, 6) is 0.313. The summed E-state index contributed by atoms with van der Waals surface area (Å²) in [6.07, 6.45) is 1.51. The van der Waals surface area contributed by atoms with Gasteiger partial charge in [0, 0.05) is 12.1 Å².